The van der Waals surface area contributed by atoms with Gasteiger partial charge in [-0.3, -0.25) is 4.90 Å². The monoisotopic (exact) mass is 462 g/mol. The van der Waals surface area contributed by atoms with Gasteiger partial charge in [0.05, 0.1) is 12.2 Å². The van der Waals surface area contributed by atoms with Crippen molar-refractivity contribution in [1.29, 1.82) is 0 Å². The molecular formula is C24H29F3N4O2. The lowest BCUT2D eigenvalue weighted by atomic mass is 10.0. The second-order valence-corrected chi connectivity index (χ2v) is 7.94. The number of likely N-dealkylation sites (tertiary alicyclic amines) is 1. The molecular weight excluding hydrogens is 433 g/mol. The van der Waals surface area contributed by atoms with Gasteiger partial charge in [-0.1, -0.05) is 5.92 Å². The number of nitrogens with one attached hydrogen (secondary N) is 1. The van der Waals surface area contributed by atoms with Crippen molar-refractivity contribution in [3.05, 3.63) is 35.4 Å². The number of rotatable bonds is 8. The summed E-state index contributed by atoms with van der Waals surface area (Å²) in [5.74, 6) is 7.02. The topological polar surface area (TPSA) is 59.5 Å². The molecule has 6 nitrogen and oxygen atoms in total. The van der Waals surface area contributed by atoms with Crippen LogP contribution in [0.2, 0.25) is 0 Å². The maximum atomic E-state index is 12.7. The molecule has 2 aromatic rings. The van der Waals surface area contributed by atoms with Crippen molar-refractivity contribution in [2.45, 2.75) is 45.8 Å². The molecule has 0 aliphatic carbocycles. The Balaban J connectivity index is 1.76. The number of alkyl halides is 3. The van der Waals surface area contributed by atoms with Crippen LogP contribution in [0.15, 0.2) is 24.3 Å². The molecule has 3 rings (SSSR count). The van der Waals surface area contributed by atoms with E-state index in [1.54, 1.807) is 6.92 Å². The number of benzene rings is 1. The summed E-state index contributed by atoms with van der Waals surface area (Å²) in [7, 11) is 0. The summed E-state index contributed by atoms with van der Waals surface area (Å²) < 4.78 is 49.4. The molecule has 0 spiro atoms. The minimum absolute atomic E-state index is 0.106. The summed E-state index contributed by atoms with van der Waals surface area (Å²) in [5.41, 5.74) is 3.11. The molecule has 0 unspecified atom stereocenters. The standard InChI is InChI=1S/C24H29F3N4O2/c1-4-7-18-9-10-20(21(13-18)33-16-32-5-2)23-17(3)12-22(29-30-23)28-19-8-6-11-31(14-19)15-24(25,26)27/h9-10,12-13,19H,5-6,8,11,14-16H2,1-3H3,(H,28,29)/t19-/m1/s1. The minimum Gasteiger partial charge on any atom is -0.467 e. The SMILES string of the molecule is CC#Cc1ccc(-c2nnc(N[C@@H]3CCCN(CC(F)(F)F)C3)cc2C)c(OCOCC)c1. The Morgan fingerprint density at radius 1 is 1.24 bits per heavy atom. The molecule has 1 aliphatic rings. The quantitative estimate of drug-likeness (QED) is 0.351. The summed E-state index contributed by atoms with van der Waals surface area (Å²) in [5, 5.41) is 11.9. The van der Waals surface area contributed by atoms with E-state index in [4.69, 9.17) is 9.47 Å². The number of aromatic nitrogens is 2. The number of ether oxygens (including phenoxy) is 2. The smallest absolute Gasteiger partial charge is 0.401 e. The molecule has 9 heteroatoms. The highest BCUT2D eigenvalue weighted by Gasteiger charge is 2.33. The molecule has 2 heterocycles. The van der Waals surface area contributed by atoms with Crippen molar-refractivity contribution in [1.82, 2.24) is 15.1 Å². The zero-order valence-corrected chi connectivity index (χ0v) is 19.1. The highest BCUT2D eigenvalue weighted by Crippen LogP contribution is 2.32. The molecule has 1 saturated heterocycles. The Morgan fingerprint density at radius 3 is 2.76 bits per heavy atom. The molecule has 0 saturated carbocycles. The van der Waals surface area contributed by atoms with Crippen molar-refractivity contribution in [3.63, 3.8) is 0 Å². The predicted molar refractivity (Wildman–Crippen MR) is 121 cm³/mol. The van der Waals surface area contributed by atoms with Gasteiger partial charge in [0, 0.05) is 30.3 Å². The average molecular weight is 463 g/mol. The average Bonchev–Trinajstić information content (AvgIpc) is 2.74. The van der Waals surface area contributed by atoms with Crippen LogP contribution in [0.25, 0.3) is 11.3 Å². The Bertz CT molecular complexity index is 1000. The molecule has 178 valence electrons. The van der Waals surface area contributed by atoms with Gasteiger partial charge in [0.1, 0.15) is 11.6 Å². The van der Waals surface area contributed by atoms with Crippen LogP contribution in [-0.4, -0.2) is 60.3 Å². The van der Waals surface area contributed by atoms with Gasteiger partial charge in [-0.25, -0.2) is 0 Å². The molecule has 1 aromatic heterocycles. The number of piperidine rings is 1. The summed E-state index contributed by atoms with van der Waals surface area (Å²) in [4.78, 5) is 1.43. The van der Waals surface area contributed by atoms with Crippen LogP contribution in [0.3, 0.4) is 0 Å². The number of anilines is 1. The lowest BCUT2D eigenvalue weighted by Crippen LogP contribution is -2.45. The summed E-state index contributed by atoms with van der Waals surface area (Å²) in [6.07, 6.45) is -2.71. The van der Waals surface area contributed by atoms with Crippen LogP contribution >= 0.6 is 0 Å². The molecule has 0 amide bonds. The molecule has 33 heavy (non-hydrogen) atoms. The zero-order valence-electron chi connectivity index (χ0n) is 19.1. The number of hydrogen-bond acceptors (Lipinski definition) is 6. The first-order chi connectivity index (χ1) is 15.8. The lowest BCUT2D eigenvalue weighted by molar-refractivity contribution is -0.147. The Kier molecular flexibility index (Phi) is 8.53. The minimum atomic E-state index is -4.19. The van der Waals surface area contributed by atoms with Gasteiger partial charge in [0.2, 0.25) is 0 Å². The normalized spacial score (nSPS) is 16.7. The van der Waals surface area contributed by atoms with E-state index in [0.717, 1.165) is 23.1 Å². The predicted octanol–water partition coefficient (Wildman–Crippen LogP) is 4.63. The molecule has 0 radical (unpaired) electrons. The highest BCUT2D eigenvalue weighted by molar-refractivity contribution is 5.71. The first kappa shape index (κ1) is 24.8. The van der Waals surface area contributed by atoms with Gasteiger partial charge in [-0.15, -0.1) is 16.1 Å². The van der Waals surface area contributed by atoms with Crippen LogP contribution < -0.4 is 10.1 Å². The molecule has 1 aromatic carbocycles. The van der Waals surface area contributed by atoms with E-state index in [1.807, 2.05) is 38.1 Å². The maximum absolute atomic E-state index is 12.7. The fraction of sp³-hybridized carbons (Fsp3) is 0.500. The summed E-state index contributed by atoms with van der Waals surface area (Å²) in [6.45, 7) is 6.08. The number of halogens is 3. The first-order valence-electron chi connectivity index (χ1n) is 11.0. The Labute approximate surface area is 192 Å². The lowest BCUT2D eigenvalue weighted by Gasteiger charge is -2.33. The second kappa shape index (κ2) is 11.3. The van der Waals surface area contributed by atoms with Gasteiger partial charge in [0.25, 0.3) is 0 Å². The van der Waals surface area contributed by atoms with Crippen molar-refractivity contribution in [2.75, 3.05) is 38.4 Å². The van der Waals surface area contributed by atoms with Gasteiger partial charge < -0.3 is 14.8 Å². The van der Waals surface area contributed by atoms with Crippen LogP contribution in [0.4, 0.5) is 19.0 Å². The van der Waals surface area contributed by atoms with Crippen molar-refractivity contribution in [2.24, 2.45) is 0 Å². The van der Waals surface area contributed by atoms with Crippen molar-refractivity contribution < 1.29 is 22.6 Å². The van der Waals surface area contributed by atoms with Crippen LogP contribution in [0.5, 0.6) is 5.75 Å². The third-order valence-corrected chi connectivity index (χ3v) is 5.25. The van der Waals surface area contributed by atoms with E-state index in [9.17, 15) is 13.2 Å². The van der Waals surface area contributed by atoms with Gasteiger partial charge >= 0.3 is 6.18 Å². The van der Waals surface area contributed by atoms with Crippen LogP contribution in [-0.2, 0) is 4.74 Å². The fourth-order valence-corrected chi connectivity index (χ4v) is 3.85. The van der Waals surface area contributed by atoms with Crippen molar-refractivity contribution in [3.8, 4) is 28.8 Å². The maximum Gasteiger partial charge on any atom is 0.401 e. The third-order valence-electron chi connectivity index (χ3n) is 5.25. The Morgan fingerprint density at radius 2 is 2.06 bits per heavy atom. The molecule has 1 N–H and O–H groups in total. The third kappa shape index (κ3) is 7.34. The van der Waals surface area contributed by atoms with Crippen molar-refractivity contribution >= 4 is 5.82 Å². The Hall–Kier alpha value is -2.83. The first-order valence-corrected chi connectivity index (χ1v) is 11.0. The van der Waals surface area contributed by atoms with Crippen LogP contribution in [0, 0.1) is 18.8 Å². The molecule has 1 aliphatic heterocycles. The largest absolute Gasteiger partial charge is 0.467 e. The summed E-state index contributed by atoms with van der Waals surface area (Å²) in [6, 6.07) is 7.37. The second-order valence-electron chi connectivity index (χ2n) is 7.94. The van der Waals surface area contributed by atoms with E-state index in [0.29, 0.717) is 43.4 Å². The zero-order chi connectivity index (χ0) is 23.8. The van der Waals surface area contributed by atoms with E-state index in [2.05, 4.69) is 27.4 Å². The van der Waals surface area contributed by atoms with Gasteiger partial charge in [-0.05, 0) is 70.0 Å². The molecule has 0 bridgehead atoms. The fourth-order valence-electron chi connectivity index (χ4n) is 3.85. The molecule has 1 fully saturated rings. The van der Waals surface area contributed by atoms with E-state index in [-0.39, 0.29) is 12.8 Å². The van der Waals surface area contributed by atoms with Gasteiger partial charge in [-0.2, -0.15) is 13.2 Å². The summed E-state index contributed by atoms with van der Waals surface area (Å²) >= 11 is 0. The van der Waals surface area contributed by atoms with E-state index < -0.39 is 12.7 Å². The van der Waals surface area contributed by atoms with Crippen LogP contribution in [0.1, 0.15) is 37.8 Å². The highest BCUT2D eigenvalue weighted by atomic mass is 19.4. The van der Waals surface area contributed by atoms with Gasteiger partial charge in [0.15, 0.2) is 6.79 Å². The van der Waals surface area contributed by atoms with E-state index >= 15 is 0 Å². The van der Waals surface area contributed by atoms with E-state index in [1.165, 1.54) is 4.90 Å². The number of hydrogen-bond donors (Lipinski definition) is 1. The molecule has 1 atom stereocenters. The number of nitrogens with zero attached hydrogens (tertiary/aromatic N) is 3. The number of aryl methyl sites for hydroxylation is 1.